The van der Waals surface area contributed by atoms with Crippen molar-refractivity contribution < 1.29 is 4.79 Å². The molecular weight excluding hydrogens is 242 g/mol. The number of carbonyl (C=O) groups excluding carboxylic acids is 1. The Kier molecular flexibility index (Phi) is 4.10. The molecule has 0 aliphatic heterocycles. The Bertz CT molecular complexity index is 674. The number of amides is 1. The minimum absolute atomic E-state index is 0.274. The average Bonchev–Trinajstić information content (AvgIpc) is 2.42. The predicted molar refractivity (Wildman–Crippen MR) is 75.1 cm³/mol. The summed E-state index contributed by atoms with van der Waals surface area (Å²) < 4.78 is 0. The number of fused-ring (bicyclic) bond motifs is 1. The van der Waals surface area contributed by atoms with Crippen LogP contribution in [0.5, 0.6) is 0 Å². The molecular formula is C14H15N3O2. The summed E-state index contributed by atoms with van der Waals surface area (Å²) in [6.45, 7) is 0.820. The summed E-state index contributed by atoms with van der Waals surface area (Å²) in [6, 6.07) is 8.51. The summed E-state index contributed by atoms with van der Waals surface area (Å²) in [7, 11) is 0. The molecule has 1 heterocycles. The molecule has 0 unspecified atom stereocenters. The van der Waals surface area contributed by atoms with Gasteiger partial charge in [-0.15, -0.1) is 0 Å². The largest absolute Gasteiger partial charge is 0.349 e. The van der Waals surface area contributed by atoms with E-state index in [4.69, 9.17) is 5.73 Å². The molecule has 1 aromatic heterocycles. The normalized spacial score (nSPS) is 11.0. The van der Waals surface area contributed by atoms with E-state index in [1.54, 1.807) is 24.3 Å². The van der Waals surface area contributed by atoms with Crippen molar-refractivity contribution in [2.45, 2.75) is 0 Å². The summed E-state index contributed by atoms with van der Waals surface area (Å²) in [5, 5.41) is 3.44. The number of nitrogens with two attached hydrogens (primary N) is 1. The van der Waals surface area contributed by atoms with Crippen LogP contribution >= 0.6 is 0 Å². The van der Waals surface area contributed by atoms with Gasteiger partial charge in [-0.2, -0.15) is 0 Å². The van der Waals surface area contributed by atoms with Crippen LogP contribution in [-0.2, 0) is 0 Å². The number of hydrogen-bond acceptors (Lipinski definition) is 3. The highest BCUT2D eigenvalue weighted by Crippen LogP contribution is 2.14. The van der Waals surface area contributed by atoms with Gasteiger partial charge in [0.05, 0.1) is 5.56 Å². The molecule has 0 fully saturated rings. The van der Waals surface area contributed by atoms with Crippen LogP contribution < -0.4 is 16.6 Å². The number of nitrogens with one attached hydrogen (secondary N) is 2. The highest BCUT2D eigenvalue weighted by Gasteiger charge is 2.10. The Morgan fingerprint density at radius 3 is 2.89 bits per heavy atom. The first-order valence-electron chi connectivity index (χ1n) is 5.97. The van der Waals surface area contributed by atoms with Crippen LogP contribution in [0, 0.1) is 0 Å². The molecule has 0 saturated carbocycles. The molecule has 1 amide bonds. The van der Waals surface area contributed by atoms with Crippen LogP contribution in [0.3, 0.4) is 0 Å². The molecule has 0 aliphatic carbocycles. The number of benzene rings is 1. The third-order valence-electron chi connectivity index (χ3n) is 2.68. The molecule has 5 nitrogen and oxygen atoms in total. The van der Waals surface area contributed by atoms with E-state index < -0.39 is 0 Å². The SMILES string of the molecule is NC/C=C/CNC(=O)c1cc(=O)[nH]c2ccccc12. The molecule has 4 N–H and O–H groups in total. The molecule has 0 spiro atoms. The zero-order valence-corrected chi connectivity index (χ0v) is 10.3. The quantitative estimate of drug-likeness (QED) is 0.707. The first kappa shape index (κ1) is 13.0. The fourth-order valence-electron chi connectivity index (χ4n) is 1.82. The van der Waals surface area contributed by atoms with Gasteiger partial charge in [-0.1, -0.05) is 30.4 Å². The molecule has 2 rings (SSSR count). The lowest BCUT2D eigenvalue weighted by atomic mass is 10.1. The van der Waals surface area contributed by atoms with E-state index in [1.165, 1.54) is 6.07 Å². The Morgan fingerprint density at radius 2 is 2.11 bits per heavy atom. The van der Waals surface area contributed by atoms with E-state index >= 15 is 0 Å². The van der Waals surface area contributed by atoms with E-state index in [1.807, 2.05) is 12.1 Å². The van der Waals surface area contributed by atoms with E-state index in [9.17, 15) is 9.59 Å². The highest BCUT2D eigenvalue weighted by atomic mass is 16.2. The number of pyridine rings is 1. The molecule has 5 heteroatoms. The fraction of sp³-hybridized carbons (Fsp3) is 0.143. The Balaban J connectivity index is 2.31. The first-order chi connectivity index (χ1) is 9.22. The van der Waals surface area contributed by atoms with E-state index in [-0.39, 0.29) is 11.5 Å². The van der Waals surface area contributed by atoms with Crippen molar-refractivity contribution in [2.75, 3.05) is 13.1 Å². The molecule has 98 valence electrons. The maximum absolute atomic E-state index is 12.0. The third-order valence-corrected chi connectivity index (χ3v) is 2.68. The smallest absolute Gasteiger partial charge is 0.252 e. The third kappa shape index (κ3) is 3.08. The monoisotopic (exact) mass is 257 g/mol. The summed E-state index contributed by atoms with van der Waals surface area (Å²) >= 11 is 0. The van der Waals surface area contributed by atoms with Crippen molar-refractivity contribution in [1.82, 2.24) is 10.3 Å². The standard InChI is InChI=1S/C14H15N3O2/c15-7-3-4-8-16-14(19)11-9-13(18)17-12-6-2-1-5-10(11)12/h1-6,9H,7-8,15H2,(H,16,19)(H,17,18)/b4-3+. The lowest BCUT2D eigenvalue weighted by molar-refractivity contribution is 0.0959. The summed E-state index contributed by atoms with van der Waals surface area (Å²) in [4.78, 5) is 26.3. The number of rotatable bonds is 4. The zero-order chi connectivity index (χ0) is 13.7. The number of para-hydroxylation sites is 1. The number of aromatic amines is 1. The minimum atomic E-state index is -0.290. The lowest BCUT2D eigenvalue weighted by Gasteiger charge is -2.06. The summed E-state index contributed by atoms with van der Waals surface area (Å²) in [5.74, 6) is -0.274. The van der Waals surface area contributed by atoms with E-state index in [0.717, 1.165) is 5.39 Å². The van der Waals surface area contributed by atoms with Gasteiger partial charge < -0.3 is 16.0 Å². The number of aromatic nitrogens is 1. The molecule has 1 aromatic carbocycles. The predicted octanol–water partition coefficient (Wildman–Crippen LogP) is 0.773. The molecule has 2 aromatic rings. The first-order valence-corrected chi connectivity index (χ1v) is 5.97. The second-order valence-electron chi connectivity index (χ2n) is 4.01. The Hall–Kier alpha value is -2.40. The Morgan fingerprint density at radius 1 is 1.32 bits per heavy atom. The van der Waals surface area contributed by atoms with Crippen LogP contribution in [0.15, 0.2) is 47.3 Å². The Labute approximate surface area is 110 Å². The lowest BCUT2D eigenvalue weighted by Crippen LogP contribution is -2.25. The van der Waals surface area contributed by atoms with E-state index in [2.05, 4.69) is 10.3 Å². The van der Waals surface area contributed by atoms with Gasteiger partial charge in [-0.05, 0) is 6.07 Å². The van der Waals surface area contributed by atoms with Gasteiger partial charge in [-0.25, -0.2) is 0 Å². The molecule has 0 radical (unpaired) electrons. The van der Waals surface area contributed by atoms with Crippen molar-refractivity contribution in [1.29, 1.82) is 0 Å². The van der Waals surface area contributed by atoms with Crippen molar-refractivity contribution in [3.8, 4) is 0 Å². The van der Waals surface area contributed by atoms with Gasteiger partial charge >= 0.3 is 0 Å². The molecule has 0 aliphatic rings. The second kappa shape index (κ2) is 5.97. The fourth-order valence-corrected chi connectivity index (χ4v) is 1.82. The van der Waals surface area contributed by atoms with Gasteiger partial charge in [0.1, 0.15) is 0 Å². The summed E-state index contributed by atoms with van der Waals surface area (Å²) in [6.07, 6.45) is 3.53. The average molecular weight is 257 g/mol. The molecule has 0 bridgehead atoms. The molecule has 0 saturated heterocycles. The van der Waals surface area contributed by atoms with Crippen LogP contribution in [0.1, 0.15) is 10.4 Å². The van der Waals surface area contributed by atoms with Gasteiger partial charge in [0, 0.05) is 30.1 Å². The van der Waals surface area contributed by atoms with Crippen molar-refractivity contribution in [3.63, 3.8) is 0 Å². The number of H-pyrrole nitrogens is 1. The highest BCUT2D eigenvalue weighted by molar-refractivity contribution is 6.05. The van der Waals surface area contributed by atoms with Crippen molar-refractivity contribution >= 4 is 16.8 Å². The maximum atomic E-state index is 12.0. The number of carbonyl (C=O) groups is 1. The van der Waals surface area contributed by atoms with Crippen LogP contribution in [-0.4, -0.2) is 24.0 Å². The van der Waals surface area contributed by atoms with Crippen LogP contribution in [0.25, 0.3) is 10.9 Å². The summed E-state index contributed by atoms with van der Waals surface area (Å²) in [5.41, 5.74) is 6.04. The van der Waals surface area contributed by atoms with Gasteiger partial charge in [0.25, 0.3) is 5.91 Å². The topological polar surface area (TPSA) is 88.0 Å². The maximum Gasteiger partial charge on any atom is 0.252 e. The zero-order valence-electron chi connectivity index (χ0n) is 10.3. The van der Waals surface area contributed by atoms with E-state index in [0.29, 0.717) is 24.2 Å². The van der Waals surface area contributed by atoms with Crippen molar-refractivity contribution in [3.05, 3.63) is 58.4 Å². The molecule has 0 atom stereocenters. The molecule has 19 heavy (non-hydrogen) atoms. The number of hydrogen-bond donors (Lipinski definition) is 3. The minimum Gasteiger partial charge on any atom is -0.349 e. The van der Waals surface area contributed by atoms with Crippen LogP contribution in [0.2, 0.25) is 0 Å². The van der Waals surface area contributed by atoms with Gasteiger partial charge in [0.2, 0.25) is 5.56 Å². The van der Waals surface area contributed by atoms with Gasteiger partial charge in [-0.3, -0.25) is 9.59 Å². The van der Waals surface area contributed by atoms with Gasteiger partial charge in [0.15, 0.2) is 0 Å². The van der Waals surface area contributed by atoms with Crippen LogP contribution in [0.4, 0.5) is 0 Å². The second-order valence-corrected chi connectivity index (χ2v) is 4.01. The van der Waals surface area contributed by atoms with Crippen molar-refractivity contribution in [2.24, 2.45) is 5.73 Å².